The second-order valence-electron chi connectivity index (χ2n) is 3.56. The van der Waals surface area contributed by atoms with E-state index in [0.717, 1.165) is 11.2 Å². The molecular weight excluding hydrogens is 204 g/mol. The molecule has 1 aromatic heterocycles. The average Bonchev–Trinajstić information content (AvgIpc) is 2.77. The SMILES string of the molecule is COC(CNc1ccc2[nH]ccc2c1)OC. The van der Waals surface area contributed by atoms with Gasteiger partial charge in [0.15, 0.2) is 6.29 Å². The minimum Gasteiger partial charge on any atom is -0.380 e. The molecule has 0 aliphatic rings. The first-order valence-electron chi connectivity index (χ1n) is 5.20. The van der Waals surface area contributed by atoms with Gasteiger partial charge in [-0.15, -0.1) is 0 Å². The molecule has 0 amide bonds. The van der Waals surface area contributed by atoms with E-state index < -0.39 is 0 Å². The molecule has 0 bridgehead atoms. The van der Waals surface area contributed by atoms with Crippen molar-refractivity contribution in [1.29, 1.82) is 0 Å². The van der Waals surface area contributed by atoms with Crippen molar-refractivity contribution in [3.63, 3.8) is 0 Å². The Hall–Kier alpha value is -1.52. The molecule has 0 fully saturated rings. The van der Waals surface area contributed by atoms with Gasteiger partial charge in [0.2, 0.25) is 0 Å². The predicted octanol–water partition coefficient (Wildman–Crippen LogP) is 2.20. The number of rotatable bonds is 5. The van der Waals surface area contributed by atoms with Crippen LogP contribution in [0, 0.1) is 0 Å². The van der Waals surface area contributed by atoms with Gasteiger partial charge in [-0.25, -0.2) is 0 Å². The van der Waals surface area contributed by atoms with Crippen LogP contribution in [-0.2, 0) is 9.47 Å². The Bertz CT molecular complexity index is 449. The van der Waals surface area contributed by atoms with E-state index in [2.05, 4.69) is 16.4 Å². The molecule has 86 valence electrons. The Balaban J connectivity index is 2.03. The maximum absolute atomic E-state index is 5.10. The zero-order valence-corrected chi connectivity index (χ0v) is 9.49. The third-order valence-corrected chi connectivity index (χ3v) is 2.55. The highest BCUT2D eigenvalue weighted by Gasteiger charge is 2.04. The van der Waals surface area contributed by atoms with Crippen molar-refractivity contribution >= 4 is 16.6 Å². The van der Waals surface area contributed by atoms with Gasteiger partial charge in [-0.3, -0.25) is 0 Å². The lowest BCUT2D eigenvalue weighted by Gasteiger charge is -2.14. The number of H-pyrrole nitrogens is 1. The lowest BCUT2D eigenvalue weighted by molar-refractivity contribution is -0.0914. The van der Waals surface area contributed by atoms with Gasteiger partial charge in [0.25, 0.3) is 0 Å². The number of hydrogen-bond donors (Lipinski definition) is 2. The Labute approximate surface area is 94.6 Å². The molecule has 4 nitrogen and oxygen atoms in total. The summed E-state index contributed by atoms with van der Waals surface area (Å²) >= 11 is 0. The van der Waals surface area contributed by atoms with E-state index in [1.54, 1.807) is 14.2 Å². The number of aromatic amines is 1. The van der Waals surface area contributed by atoms with E-state index in [-0.39, 0.29) is 6.29 Å². The Morgan fingerprint density at radius 3 is 2.81 bits per heavy atom. The summed E-state index contributed by atoms with van der Waals surface area (Å²) < 4.78 is 10.2. The monoisotopic (exact) mass is 220 g/mol. The van der Waals surface area contributed by atoms with Crippen LogP contribution in [0.1, 0.15) is 0 Å². The first-order valence-corrected chi connectivity index (χ1v) is 5.20. The van der Waals surface area contributed by atoms with Gasteiger partial charge in [-0.1, -0.05) is 0 Å². The molecule has 4 heteroatoms. The minimum absolute atomic E-state index is 0.220. The highest BCUT2D eigenvalue weighted by Crippen LogP contribution is 2.17. The number of fused-ring (bicyclic) bond motifs is 1. The molecule has 2 N–H and O–H groups in total. The van der Waals surface area contributed by atoms with E-state index in [4.69, 9.17) is 9.47 Å². The standard InChI is InChI=1S/C12H16N2O2/c1-15-12(16-2)8-14-10-3-4-11-9(7-10)5-6-13-11/h3-7,12-14H,8H2,1-2H3. The summed E-state index contributed by atoms with van der Waals surface area (Å²) in [4.78, 5) is 3.16. The average molecular weight is 220 g/mol. The molecule has 16 heavy (non-hydrogen) atoms. The normalized spacial score (nSPS) is 11.2. The first kappa shape index (κ1) is 11.0. The van der Waals surface area contributed by atoms with E-state index in [1.807, 2.05) is 24.4 Å². The predicted molar refractivity (Wildman–Crippen MR) is 64.6 cm³/mol. The van der Waals surface area contributed by atoms with Gasteiger partial charge < -0.3 is 19.8 Å². The van der Waals surface area contributed by atoms with E-state index in [9.17, 15) is 0 Å². The fraction of sp³-hybridized carbons (Fsp3) is 0.333. The van der Waals surface area contributed by atoms with Gasteiger partial charge in [0.05, 0.1) is 6.54 Å². The fourth-order valence-electron chi connectivity index (χ4n) is 1.63. The van der Waals surface area contributed by atoms with Crippen molar-refractivity contribution in [2.45, 2.75) is 6.29 Å². The van der Waals surface area contributed by atoms with Crippen LogP contribution in [-0.4, -0.2) is 32.0 Å². The lowest BCUT2D eigenvalue weighted by atomic mass is 10.2. The maximum atomic E-state index is 5.10. The number of ether oxygens (including phenoxy) is 2. The number of anilines is 1. The molecule has 1 heterocycles. The molecule has 0 saturated carbocycles. The van der Waals surface area contributed by atoms with Crippen LogP contribution >= 0.6 is 0 Å². The molecular formula is C12H16N2O2. The fourth-order valence-corrected chi connectivity index (χ4v) is 1.63. The van der Waals surface area contributed by atoms with Gasteiger partial charge in [0.1, 0.15) is 0 Å². The van der Waals surface area contributed by atoms with Crippen molar-refractivity contribution in [1.82, 2.24) is 4.98 Å². The highest BCUT2D eigenvalue weighted by atomic mass is 16.7. The molecule has 0 unspecified atom stereocenters. The highest BCUT2D eigenvalue weighted by molar-refractivity contribution is 5.82. The van der Waals surface area contributed by atoms with Crippen LogP contribution < -0.4 is 5.32 Å². The number of aromatic nitrogens is 1. The molecule has 0 aliphatic heterocycles. The van der Waals surface area contributed by atoms with Crippen LogP contribution in [0.5, 0.6) is 0 Å². The number of hydrogen-bond acceptors (Lipinski definition) is 3. The third kappa shape index (κ3) is 2.35. The molecule has 1 aromatic carbocycles. The van der Waals surface area contributed by atoms with Crippen molar-refractivity contribution in [3.8, 4) is 0 Å². The summed E-state index contributed by atoms with van der Waals surface area (Å²) in [5.74, 6) is 0. The third-order valence-electron chi connectivity index (χ3n) is 2.55. The van der Waals surface area contributed by atoms with Gasteiger partial charge >= 0.3 is 0 Å². The smallest absolute Gasteiger partial charge is 0.173 e. The summed E-state index contributed by atoms with van der Waals surface area (Å²) in [6.07, 6.45) is 1.71. The molecule has 2 rings (SSSR count). The van der Waals surface area contributed by atoms with Crippen molar-refractivity contribution < 1.29 is 9.47 Å². The maximum Gasteiger partial charge on any atom is 0.173 e. The molecule has 0 radical (unpaired) electrons. The Morgan fingerprint density at radius 1 is 1.25 bits per heavy atom. The van der Waals surface area contributed by atoms with Crippen molar-refractivity contribution in [3.05, 3.63) is 30.5 Å². The van der Waals surface area contributed by atoms with E-state index in [0.29, 0.717) is 6.54 Å². The van der Waals surface area contributed by atoms with Crippen LogP contribution in [0.25, 0.3) is 10.9 Å². The van der Waals surface area contributed by atoms with Crippen molar-refractivity contribution in [2.75, 3.05) is 26.1 Å². The van der Waals surface area contributed by atoms with E-state index >= 15 is 0 Å². The first-order chi connectivity index (χ1) is 7.83. The molecule has 2 aromatic rings. The molecule has 0 aliphatic carbocycles. The summed E-state index contributed by atoms with van der Waals surface area (Å²) in [5.41, 5.74) is 2.20. The van der Waals surface area contributed by atoms with Gasteiger partial charge in [0, 0.05) is 37.0 Å². The number of methoxy groups -OCH3 is 2. The second-order valence-corrected chi connectivity index (χ2v) is 3.56. The topological polar surface area (TPSA) is 46.3 Å². The van der Waals surface area contributed by atoms with Gasteiger partial charge in [-0.05, 0) is 24.3 Å². The van der Waals surface area contributed by atoms with Gasteiger partial charge in [-0.2, -0.15) is 0 Å². The van der Waals surface area contributed by atoms with Crippen LogP contribution in [0.4, 0.5) is 5.69 Å². The number of benzene rings is 1. The quantitative estimate of drug-likeness (QED) is 0.759. The molecule has 0 saturated heterocycles. The zero-order valence-electron chi connectivity index (χ0n) is 9.49. The van der Waals surface area contributed by atoms with Crippen LogP contribution in [0.2, 0.25) is 0 Å². The Morgan fingerprint density at radius 2 is 2.06 bits per heavy atom. The molecule has 0 spiro atoms. The largest absolute Gasteiger partial charge is 0.380 e. The summed E-state index contributed by atoms with van der Waals surface area (Å²) in [7, 11) is 3.26. The molecule has 0 atom stereocenters. The van der Waals surface area contributed by atoms with Crippen molar-refractivity contribution in [2.24, 2.45) is 0 Å². The second kappa shape index (κ2) is 5.01. The Kier molecular flexibility index (Phi) is 3.44. The summed E-state index contributed by atoms with van der Waals surface area (Å²) in [6.45, 7) is 0.628. The number of nitrogens with one attached hydrogen (secondary N) is 2. The van der Waals surface area contributed by atoms with E-state index in [1.165, 1.54) is 5.39 Å². The minimum atomic E-state index is -0.220. The lowest BCUT2D eigenvalue weighted by Crippen LogP contribution is -2.23. The summed E-state index contributed by atoms with van der Waals surface area (Å²) in [5, 5.41) is 4.46. The van der Waals surface area contributed by atoms with Crippen LogP contribution in [0.15, 0.2) is 30.5 Å². The summed E-state index contributed by atoms with van der Waals surface area (Å²) in [6, 6.07) is 8.21. The zero-order chi connectivity index (χ0) is 11.4. The van der Waals surface area contributed by atoms with Crippen LogP contribution in [0.3, 0.4) is 0 Å².